The summed E-state index contributed by atoms with van der Waals surface area (Å²) in [5.74, 6) is -1.59. The molecule has 3 aliphatic heterocycles. The lowest BCUT2D eigenvalue weighted by Gasteiger charge is -2.41. The maximum absolute atomic E-state index is 14.6. The van der Waals surface area contributed by atoms with Crippen LogP contribution in [0.5, 0.6) is 5.75 Å². The van der Waals surface area contributed by atoms with E-state index in [1.54, 1.807) is 46.9 Å². The van der Waals surface area contributed by atoms with Gasteiger partial charge in [-0.25, -0.2) is 0 Å². The molecule has 8 nitrogen and oxygen atoms in total. The monoisotopic (exact) mass is 542 g/mol. The van der Waals surface area contributed by atoms with Crippen molar-refractivity contribution in [1.82, 2.24) is 4.90 Å². The van der Waals surface area contributed by atoms with Crippen LogP contribution in [0.2, 0.25) is 0 Å². The zero-order valence-corrected chi connectivity index (χ0v) is 23.2. The molecule has 4 rings (SSSR count). The first kappa shape index (κ1) is 28.2. The Bertz CT molecular complexity index is 1080. The van der Waals surface area contributed by atoms with Crippen molar-refractivity contribution in [3.05, 3.63) is 49.6 Å². The van der Waals surface area contributed by atoms with E-state index in [9.17, 15) is 19.5 Å². The van der Waals surface area contributed by atoms with Crippen LogP contribution in [-0.4, -0.2) is 76.7 Å². The molecule has 1 spiro atoms. The summed E-state index contributed by atoms with van der Waals surface area (Å²) in [4.78, 5) is 45.3. The Morgan fingerprint density at radius 1 is 1.29 bits per heavy atom. The van der Waals surface area contributed by atoms with Crippen LogP contribution >= 0.6 is 11.8 Å². The summed E-state index contributed by atoms with van der Waals surface area (Å²) >= 11 is 1.58. The Morgan fingerprint density at radius 3 is 2.58 bits per heavy atom. The molecule has 2 amide bonds. The molecule has 3 heterocycles. The van der Waals surface area contributed by atoms with Crippen LogP contribution in [0.25, 0.3) is 0 Å². The summed E-state index contributed by atoms with van der Waals surface area (Å²) in [7, 11) is 1.58. The van der Waals surface area contributed by atoms with Crippen molar-refractivity contribution in [2.24, 2.45) is 17.8 Å². The van der Waals surface area contributed by atoms with E-state index in [0.717, 1.165) is 12.8 Å². The van der Waals surface area contributed by atoms with Crippen molar-refractivity contribution in [2.45, 2.75) is 55.2 Å². The highest BCUT2D eigenvalue weighted by molar-refractivity contribution is 8.02. The summed E-state index contributed by atoms with van der Waals surface area (Å²) in [5.41, 5.74) is 0.659. The second kappa shape index (κ2) is 11.5. The van der Waals surface area contributed by atoms with E-state index in [1.807, 2.05) is 26.0 Å². The maximum Gasteiger partial charge on any atom is 0.311 e. The smallest absolute Gasteiger partial charge is 0.311 e. The number of nitrogens with zero attached hydrogens (tertiary/aromatic N) is 2. The fourth-order valence-electron chi connectivity index (χ4n) is 6.41. The number of hydrogen-bond acceptors (Lipinski definition) is 7. The highest BCUT2D eigenvalue weighted by atomic mass is 32.2. The van der Waals surface area contributed by atoms with Crippen LogP contribution in [0.1, 0.15) is 33.1 Å². The molecule has 1 aromatic carbocycles. The Morgan fingerprint density at radius 2 is 2.00 bits per heavy atom. The molecule has 1 aromatic rings. The standard InChI is InChI=1S/C29H38N2O6S/c1-6-15-30(19-9-11-20(36-5)12-10-19)27(34)25-29-14-13-22(38-29)23(28(35)37-16-7-2)24(29)26(33)31(25)21(17-32)18(4)8-3/h6-7,9-12,18,21-25,32H,1-2,8,13-17H2,3-5H3/t18-,21-,22+,23-,24-,25?,29?/m0/s1. The number of hydrogen-bond donors (Lipinski definition) is 1. The van der Waals surface area contributed by atoms with Gasteiger partial charge in [0, 0.05) is 17.5 Å². The average molecular weight is 543 g/mol. The Hall–Kier alpha value is -2.78. The Balaban J connectivity index is 1.81. The number of thioether (sulfide) groups is 1. The third-order valence-corrected chi connectivity index (χ3v) is 10.3. The molecule has 9 heteroatoms. The minimum Gasteiger partial charge on any atom is -0.497 e. The van der Waals surface area contributed by atoms with Crippen molar-refractivity contribution >= 4 is 35.2 Å². The number of benzene rings is 1. The molecule has 3 aliphatic rings. The van der Waals surface area contributed by atoms with Gasteiger partial charge in [-0.15, -0.1) is 18.3 Å². The SMILES string of the molecule is C=CCOC(=O)[C@@H]1[C@H]2C(=O)N([C@@H](CO)[C@@H](C)CC)C(C(=O)N(CC=C)c3ccc(OC)cc3)C23CC[C@H]1S3. The molecule has 0 radical (unpaired) electrons. The number of aliphatic hydroxyl groups is 1. The van der Waals surface area contributed by atoms with Crippen LogP contribution in [0.4, 0.5) is 5.69 Å². The molecule has 2 unspecified atom stereocenters. The molecular weight excluding hydrogens is 504 g/mol. The predicted molar refractivity (Wildman–Crippen MR) is 148 cm³/mol. The lowest BCUT2D eigenvalue weighted by molar-refractivity contribution is -0.153. The number of carbonyl (C=O) groups is 3. The van der Waals surface area contributed by atoms with Gasteiger partial charge < -0.3 is 24.4 Å². The van der Waals surface area contributed by atoms with Gasteiger partial charge in [0.2, 0.25) is 5.91 Å². The van der Waals surface area contributed by atoms with Crippen LogP contribution in [0, 0.1) is 17.8 Å². The summed E-state index contributed by atoms with van der Waals surface area (Å²) in [5, 5.41) is 10.4. The number of aliphatic hydroxyl groups excluding tert-OH is 1. The second-order valence-corrected chi connectivity index (χ2v) is 11.9. The lowest BCUT2D eigenvalue weighted by atomic mass is 9.71. The summed E-state index contributed by atoms with van der Waals surface area (Å²) < 4.78 is 9.94. The van der Waals surface area contributed by atoms with E-state index in [1.165, 1.54) is 6.08 Å². The van der Waals surface area contributed by atoms with E-state index in [2.05, 4.69) is 13.2 Å². The van der Waals surface area contributed by atoms with Crippen molar-refractivity contribution in [3.63, 3.8) is 0 Å². The van der Waals surface area contributed by atoms with E-state index in [0.29, 0.717) is 17.9 Å². The van der Waals surface area contributed by atoms with Gasteiger partial charge in [0.25, 0.3) is 5.91 Å². The fraction of sp³-hybridized carbons (Fsp3) is 0.552. The second-order valence-electron chi connectivity index (χ2n) is 10.3. The van der Waals surface area contributed by atoms with Gasteiger partial charge in [0.15, 0.2) is 0 Å². The third kappa shape index (κ3) is 4.53. The summed E-state index contributed by atoms with van der Waals surface area (Å²) in [6, 6.07) is 5.81. The summed E-state index contributed by atoms with van der Waals surface area (Å²) in [6.45, 7) is 11.5. The third-order valence-electron chi connectivity index (χ3n) is 8.39. The maximum atomic E-state index is 14.6. The van der Waals surface area contributed by atoms with Crippen molar-refractivity contribution < 1.29 is 29.0 Å². The minimum absolute atomic E-state index is 0.0447. The van der Waals surface area contributed by atoms with Crippen LogP contribution in [0.15, 0.2) is 49.6 Å². The molecule has 1 N–H and O–H groups in total. The first-order valence-corrected chi connectivity index (χ1v) is 14.1. The van der Waals surface area contributed by atoms with E-state index >= 15 is 0 Å². The van der Waals surface area contributed by atoms with Crippen molar-refractivity contribution in [2.75, 3.05) is 31.8 Å². The average Bonchev–Trinajstić information content (AvgIpc) is 3.58. The van der Waals surface area contributed by atoms with Crippen LogP contribution in [0.3, 0.4) is 0 Å². The van der Waals surface area contributed by atoms with Crippen molar-refractivity contribution in [1.29, 1.82) is 0 Å². The number of carbonyl (C=O) groups excluding carboxylic acids is 3. The predicted octanol–water partition coefficient (Wildman–Crippen LogP) is 3.44. The number of anilines is 1. The molecule has 0 aliphatic carbocycles. The number of esters is 1. The van der Waals surface area contributed by atoms with Gasteiger partial charge in [-0.2, -0.15) is 0 Å². The van der Waals surface area contributed by atoms with Crippen LogP contribution < -0.4 is 9.64 Å². The van der Waals surface area contributed by atoms with Crippen LogP contribution in [-0.2, 0) is 19.1 Å². The quantitative estimate of drug-likeness (QED) is 0.319. The van der Waals surface area contributed by atoms with Gasteiger partial charge in [-0.1, -0.05) is 39.0 Å². The zero-order chi connectivity index (χ0) is 27.6. The molecule has 0 aromatic heterocycles. The largest absolute Gasteiger partial charge is 0.497 e. The molecule has 2 bridgehead atoms. The van der Waals surface area contributed by atoms with E-state index < -0.39 is 34.6 Å². The fourth-order valence-corrected chi connectivity index (χ4v) is 8.60. The highest BCUT2D eigenvalue weighted by Gasteiger charge is 2.75. The van der Waals surface area contributed by atoms with Gasteiger partial charge in [0.05, 0.1) is 36.3 Å². The molecule has 7 atom stereocenters. The normalized spacial score (nSPS) is 28.9. The van der Waals surface area contributed by atoms with Gasteiger partial charge in [0.1, 0.15) is 18.4 Å². The highest BCUT2D eigenvalue weighted by Crippen LogP contribution is 2.67. The molecule has 3 saturated heterocycles. The molecule has 38 heavy (non-hydrogen) atoms. The minimum atomic E-state index is -0.833. The Kier molecular flexibility index (Phi) is 8.57. The number of fused-ring (bicyclic) bond motifs is 1. The topological polar surface area (TPSA) is 96.4 Å². The number of amides is 2. The number of ether oxygens (including phenoxy) is 2. The first-order chi connectivity index (χ1) is 18.3. The number of rotatable bonds is 12. The Labute approximate surface area is 229 Å². The first-order valence-electron chi connectivity index (χ1n) is 13.2. The molecule has 3 fully saturated rings. The number of likely N-dealkylation sites (tertiary alicyclic amines) is 1. The van der Waals surface area contributed by atoms with E-state index in [4.69, 9.17) is 9.47 Å². The van der Waals surface area contributed by atoms with Crippen molar-refractivity contribution in [3.8, 4) is 5.75 Å². The van der Waals surface area contributed by atoms with Gasteiger partial charge in [-0.05, 0) is 43.0 Å². The zero-order valence-electron chi connectivity index (χ0n) is 22.4. The lowest BCUT2D eigenvalue weighted by Crippen LogP contribution is -2.58. The van der Waals surface area contributed by atoms with E-state index in [-0.39, 0.29) is 42.7 Å². The summed E-state index contributed by atoms with van der Waals surface area (Å²) in [6.07, 6.45) is 5.25. The molecule has 206 valence electrons. The number of methoxy groups -OCH3 is 1. The van der Waals surface area contributed by atoms with Gasteiger partial charge >= 0.3 is 5.97 Å². The van der Waals surface area contributed by atoms with Gasteiger partial charge in [-0.3, -0.25) is 14.4 Å². The molecular formula is C29H38N2O6S. The molecule has 0 saturated carbocycles.